The highest BCUT2D eigenvalue weighted by Crippen LogP contribution is 2.17. The minimum absolute atomic E-state index is 0.0247. The summed E-state index contributed by atoms with van der Waals surface area (Å²) in [4.78, 5) is 0. The van der Waals surface area contributed by atoms with Gasteiger partial charge in [-0.1, -0.05) is 0 Å². The van der Waals surface area contributed by atoms with Gasteiger partial charge in [0.15, 0.2) is 9.84 Å². The summed E-state index contributed by atoms with van der Waals surface area (Å²) in [6.07, 6.45) is 2.49. The van der Waals surface area contributed by atoms with Crippen molar-refractivity contribution in [1.29, 1.82) is 0 Å². The quantitative estimate of drug-likeness (QED) is 0.681. The third-order valence-corrected chi connectivity index (χ3v) is 4.10. The van der Waals surface area contributed by atoms with E-state index in [1.165, 1.54) is 0 Å². The fourth-order valence-corrected chi connectivity index (χ4v) is 3.42. The van der Waals surface area contributed by atoms with Crippen LogP contribution < -0.4 is 5.32 Å². The summed E-state index contributed by atoms with van der Waals surface area (Å²) >= 11 is 0. The number of anilines is 1. The van der Waals surface area contributed by atoms with Crippen LogP contribution in [0.25, 0.3) is 0 Å². The predicted molar refractivity (Wildman–Crippen MR) is 55.3 cm³/mol. The maximum atomic E-state index is 11.2. The summed E-state index contributed by atoms with van der Waals surface area (Å²) in [7, 11) is -1.33. The monoisotopic (exact) mass is 231 g/mol. The van der Waals surface area contributed by atoms with Gasteiger partial charge in [0.2, 0.25) is 0 Å². The third kappa shape index (κ3) is 2.29. The molecule has 0 saturated carbocycles. The molecule has 2 heterocycles. The number of sulfone groups is 1. The van der Waals surface area contributed by atoms with Crippen molar-refractivity contribution >= 4 is 15.5 Å². The summed E-state index contributed by atoms with van der Waals surface area (Å²) in [5.74, 6) is -0.187. The van der Waals surface area contributed by atoms with E-state index in [-0.39, 0.29) is 11.5 Å². The lowest BCUT2D eigenvalue weighted by molar-refractivity contribution is 0.190. The first-order valence-electron chi connectivity index (χ1n) is 4.60. The highest BCUT2D eigenvalue weighted by Gasteiger charge is 2.36. The molecule has 1 aliphatic heterocycles. The Bertz CT molecular complexity index is 453. The molecule has 6 nitrogen and oxygen atoms in total. The third-order valence-electron chi connectivity index (χ3n) is 2.38. The van der Waals surface area contributed by atoms with E-state index in [9.17, 15) is 13.5 Å². The van der Waals surface area contributed by atoms with Crippen molar-refractivity contribution in [2.24, 2.45) is 7.05 Å². The second-order valence-corrected chi connectivity index (χ2v) is 5.95. The highest BCUT2D eigenvalue weighted by atomic mass is 32.2. The van der Waals surface area contributed by atoms with Gasteiger partial charge in [-0.15, -0.1) is 0 Å². The van der Waals surface area contributed by atoms with Crippen molar-refractivity contribution in [3.05, 3.63) is 12.4 Å². The van der Waals surface area contributed by atoms with E-state index >= 15 is 0 Å². The molecular weight excluding hydrogens is 218 g/mol. The smallest absolute Gasteiger partial charge is 0.155 e. The molecule has 0 spiro atoms. The molecule has 2 rings (SSSR count). The standard InChI is InChI=1S/C8H13N3O3S/c1-11-3-6(2-9-11)10-7-4-15(13,14)5-8(7)12/h2-3,7-8,10,12H,4-5H2,1H3. The topological polar surface area (TPSA) is 84.2 Å². The summed E-state index contributed by atoms with van der Waals surface area (Å²) in [5, 5.41) is 16.4. The zero-order valence-electron chi connectivity index (χ0n) is 8.29. The number of aliphatic hydroxyl groups is 1. The zero-order valence-corrected chi connectivity index (χ0v) is 9.11. The molecule has 0 amide bonds. The van der Waals surface area contributed by atoms with Crippen LogP contribution in [0.2, 0.25) is 0 Å². The number of nitrogens with zero attached hydrogens (tertiary/aromatic N) is 2. The van der Waals surface area contributed by atoms with Gasteiger partial charge in [-0.2, -0.15) is 5.10 Å². The normalized spacial score (nSPS) is 29.2. The average molecular weight is 231 g/mol. The van der Waals surface area contributed by atoms with Crippen LogP contribution in [-0.4, -0.2) is 47.0 Å². The zero-order chi connectivity index (χ0) is 11.1. The number of nitrogens with one attached hydrogen (secondary N) is 1. The van der Waals surface area contributed by atoms with E-state index < -0.39 is 22.0 Å². The lowest BCUT2D eigenvalue weighted by Crippen LogP contribution is -2.31. The molecule has 7 heteroatoms. The van der Waals surface area contributed by atoms with Crippen LogP contribution in [0.5, 0.6) is 0 Å². The Balaban J connectivity index is 2.08. The van der Waals surface area contributed by atoms with E-state index in [0.717, 1.165) is 5.69 Å². The Hall–Kier alpha value is -1.08. The number of hydrogen-bond donors (Lipinski definition) is 2. The first-order valence-corrected chi connectivity index (χ1v) is 6.42. The van der Waals surface area contributed by atoms with Crippen molar-refractivity contribution in [1.82, 2.24) is 9.78 Å². The Morgan fingerprint density at radius 2 is 2.33 bits per heavy atom. The van der Waals surface area contributed by atoms with Gasteiger partial charge in [0.05, 0.1) is 35.5 Å². The van der Waals surface area contributed by atoms with Crippen LogP contribution in [0, 0.1) is 0 Å². The van der Waals surface area contributed by atoms with E-state index in [1.807, 2.05) is 0 Å². The number of rotatable bonds is 2. The molecule has 15 heavy (non-hydrogen) atoms. The fourth-order valence-electron chi connectivity index (χ4n) is 1.68. The summed E-state index contributed by atoms with van der Waals surface area (Å²) in [6, 6.07) is -0.431. The maximum absolute atomic E-state index is 11.2. The van der Waals surface area contributed by atoms with Crippen LogP contribution in [0.3, 0.4) is 0 Å². The Morgan fingerprint density at radius 3 is 2.80 bits per heavy atom. The summed E-state index contributed by atoms with van der Waals surface area (Å²) < 4.78 is 24.1. The van der Waals surface area contributed by atoms with Crippen molar-refractivity contribution < 1.29 is 13.5 Å². The Kier molecular flexibility index (Phi) is 2.43. The summed E-state index contributed by atoms with van der Waals surface area (Å²) in [6.45, 7) is 0. The number of aromatic nitrogens is 2. The average Bonchev–Trinajstić information content (AvgIpc) is 2.58. The maximum Gasteiger partial charge on any atom is 0.155 e. The van der Waals surface area contributed by atoms with E-state index in [0.29, 0.717) is 0 Å². The number of aryl methyl sites for hydroxylation is 1. The molecule has 0 aromatic carbocycles. The van der Waals surface area contributed by atoms with E-state index in [1.54, 1.807) is 24.1 Å². The van der Waals surface area contributed by atoms with Gasteiger partial charge >= 0.3 is 0 Å². The van der Waals surface area contributed by atoms with Gasteiger partial charge in [0, 0.05) is 13.2 Å². The van der Waals surface area contributed by atoms with Crippen LogP contribution >= 0.6 is 0 Å². The second-order valence-electron chi connectivity index (χ2n) is 3.80. The predicted octanol–water partition coefficient (Wildman–Crippen LogP) is -1.01. The molecular formula is C8H13N3O3S. The van der Waals surface area contributed by atoms with E-state index in [2.05, 4.69) is 10.4 Å². The highest BCUT2D eigenvalue weighted by molar-refractivity contribution is 7.91. The SMILES string of the molecule is Cn1cc(NC2CS(=O)(=O)CC2O)cn1. The molecule has 2 unspecified atom stereocenters. The Morgan fingerprint density at radius 1 is 1.60 bits per heavy atom. The minimum Gasteiger partial charge on any atom is -0.390 e. The van der Waals surface area contributed by atoms with Crippen molar-refractivity contribution in [3.8, 4) is 0 Å². The van der Waals surface area contributed by atoms with Gasteiger partial charge in [-0.3, -0.25) is 4.68 Å². The van der Waals surface area contributed by atoms with Gasteiger partial charge in [-0.25, -0.2) is 8.42 Å². The van der Waals surface area contributed by atoms with Crippen molar-refractivity contribution in [2.75, 3.05) is 16.8 Å². The lowest BCUT2D eigenvalue weighted by Gasteiger charge is -2.14. The first-order chi connectivity index (χ1) is 6.96. The molecule has 1 fully saturated rings. The molecule has 84 valence electrons. The first kappa shape index (κ1) is 10.4. The minimum atomic E-state index is -3.10. The van der Waals surface area contributed by atoms with E-state index in [4.69, 9.17) is 0 Å². The molecule has 1 aliphatic rings. The molecule has 1 saturated heterocycles. The lowest BCUT2D eigenvalue weighted by atomic mass is 10.2. The number of hydrogen-bond acceptors (Lipinski definition) is 5. The molecule has 0 aliphatic carbocycles. The Labute approximate surface area is 87.8 Å². The van der Waals surface area contributed by atoms with Gasteiger partial charge < -0.3 is 10.4 Å². The largest absolute Gasteiger partial charge is 0.390 e. The summed E-state index contributed by atoms with van der Waals surface area (Å²) in [5.41, 5.74) is 0.721. The molecule has 2 N–H and O–H groups in total. The van der Waals surface area contributed by atoms with Crippen LogP contribution in [0.15, 0.2) is 12.4 Å². The molecule has 0 radical (unpaired) electrons. The fraction of sp³-hybridized carbons (Fsp3) is 0.625. The molecule has 2 atom stereocenters. The van der Waals surface area contributed by atoms with Crippen molar-refractivity contribution in [2.45, 2.75) is 12.1 Å². The van der Waals surface area contributed by atoms with Gasteiger partial charge in [0.1, 0.15) is 0 Å². The van der Waals surface area contributed by atoms with Crippen LogP contribution in [0.4, 0.5) is 5.69 Å². The van der Waals surface area contributed by atoms with Crippen molar-refractivity contribution in [3.63, 3.8) is 0 Å². The molecule has 1 aromatic heterocycles. The van der Waals surface area contributed by atoms with Crippen LogP contribution in [0.1, 0.15) is 0 Å². The van der Waals surface area contributed by atoms with Gasteiger partial charge in [0.25, 0.3) is 0 Å². The second kappa shape index (κ2) is 3.49. The van der Waals surface area contributed by atoms with Gasteiger partial charge in [-0.05, 0) is 0 Å². The molecule has 0 bridgehead atoms. The van der Waals surface area contributed by atoms with Crippen LogP contribution in [-0.2, 0) is 16.9 Å². The number of aliphatic hydroxyl groups excluding tert-OH is 1. The molecule has 1 aromatic rings.